The molecule has 1 aromatic rings. The number of benzene rings is 1. The molecule has 1 unspecified atom stereocenters. The number of aryl methyl sites for hydroxylation is 1. The van der Waals surface area contributed by atoms with Gasteiger partial charge in [0.1, 0.15) is 0 Å². The Bertz CT molecular complexity index is 359. The van der Waals surface area contributed by atoms with E-state index in [0.29, 0.717) is 6.42 Å². The summed E-state index contributed by atoms with van der Waals surface area (Å²) in [5.74, 6) is -0.178. The number of rotatable bonds is 7. The molecule has 3 heteroatoms. The highest BCUT2D eigenvalue weighted by Crippen LogP contribution is 2.18. The molecule has 0 radical (unpaired) electrons. The molecule has 0 saturated heterocycles. The molecular weight excluding hydrogens is 226 g/mol. The zero-order chi connectivity index (χ0) is 13.4. The molecule has 0 aliphatic rings. The lowest BCUT2D eigenvalue weighted by Crippen LogP contribution is -2.25. The lowest BCUT2D eigenvalue weighted by molar-refractivity contribution is -0.141. The molecule has 1 rings (SSSR count). The number of hydrogen-bond donors (Lipinski definition) is 1. The fraction of sp³-hybridized carbons (Fsp3) is 0.533. The van der Waals surface area contributed by atoms with Gasteiger partial charge in [0.15, 0.2) is 0 Å². The number of carbonyl (C=O) groups excluding carboxylic acids is 1. The van der Waals surface area contributed by atoms with Gasteiger partial charge < -0.3 is 10.1 Å². The SMILES string of the molecule is CCCNC(CC(=O)OC)c1ccc(CC)cc1. The standard InChI is InChI=1S/C15H23NO2/c1-4-10-16-14(11-15(17)18-3)13-8-6-12(5-2)7-9-13/h6-9,14,16H,4-5,10-11H2,1-3H3. The Balaban J connectivity index is 2.75. The maximum absolute atomic E-state index is 11.4. The van der Waals surface area contributed by atoms with Crippen LogP contribution in [0.25, 0.3) is 0 Å². The molecule has 0 aliphatic carbocycles. The molecule has 1 aromatic carbocycles. The second-order valence-corrected chi connectivity index (χ2v) is 4.38. The number of carbonyl (C=O) groups is 1. The summed E-state index contributed by atoms with van der Waals surface area (Å²) < 4.78 is 4.75. The zero-order valence-corrected chi connectivity index (χ0v) is 11.5. The van der Waals surface area contributed by atoms with E-state index in [0.717, 1.165) is 24.9 Å². The fourth-order valence-corrected chi connectivity index (χ4v) is 1.86. The molecule has 0 fully saturated rings. The van der Waals surface area contributed by atoms with Crippen LogP contribution in [0.4, 0.5) is 0 Å². The first kappa shape index (κ1) is 14.7. The maximum atomic E-state index is 11.4. The third-order valence-corrected chi connectivity index (χ3v) is 3.03. The Hall–Kier alpha value is -1.35. The smallest absolute Gasteiger partial charge is 0.307 e. The summed E-state index contributed by atoms with van der Waals surface area (Å²) >= 11 is 0. The van der Waals surface area contributed by atoms with Gasteiger partial charge >= 0.3 is 5.97 Å². The third-order valence-electron chi connectivity index (χ3n) is 3.03. The van der Waals surface area contributed by atoms with Crippen LogP contribution in [0.5, 0.6) is 0 Å². The third kappa shape index (κ3) is 4.49. The largest absolute Gasteiger partial charge is 0.469 e. The fourth-order valence-electron chi connectivity index (χ4n) is 1.86. The Kier molecular flexibility index (Phi) is 6.44. The average Bonchev–Trinajstić information content (AvgIpc) is 2.43. The maximum Gasteiger partial charge on any atom is 0.307 e. The molecule has 18 heavy (non-hydrogen) atoms. The summed E-state index contributed by atoms with van der Waals surface area (Å²) in [5, 5.41) is 3.39. The Morgan fingerprint density at radius 2 is 1.94 bits per heavy atom. The van der Waals surface area contributed by atoms with E-state index in [-0.39, 0.29) is 12.0 Å². The Morgan fingerprint density at radius 1 is 1.28 bits per heavy atom. The van der Waals surface area contributed by atoms with Crippen LogP contribution in [0.15, 0.2) is 24.3 Å². The van der Waals surface area contributed by atoms with Crippen molar-refractivity contribution in [3.05, 3.63) is 35.4 Å². The number of methoxy groups -OCH3 is 1. The summed E-state index contributed by atoms with van der Waals surface area (Å²) in [6.07, 6.45) is 2.46. The molecule has 1 N–H and O–H groups in total. The second kappa shape index (κ2) is 7.88. The first-order chi connectivity index (χ1) is 8.71. The second-order valence-electron chi connectivity index (χ2n) is 4.38. The lowest BCUT2D eigenvalue weighted by atomic mass is 10.0. The molecule has 0 saturated carbocycles. The van der Waals surface area contributed by atoms with Gasteiger partial charge in [-0.25, -0.2) is 0 Å². The minimum atomic E-state index is -0.178. The summed E-state index contributed by atoms with van der Waals surface area (Å²) in [7, 11) is 1.43. The van der Waals surface area contributed by atoms with Crippen molar-refractivity contribution in [1.82, 2.24) is 5.32 Å². The van der Waals surface area contributed by atoms with E-state index < -0.39 is 0 Å². The number of esters is 1. The van der Waals surface area contributed by atoms with Crippen molar-refractivity contribution < 1.29 is 9.53 Å². The minimum Gasteiger partial charge on any atom is -0.469 e. The molecular formula is C15H23NO2. The molecule has 100 valence electrons. The van der Waals surface area contributed by atoms with Crippen molar-refractivity contribution in [3.63, 3.8) is 0 Å². The monoisotopic (exact) mass is 249 g/mol. The topological polar surface area (TPSA) is 38.3 Å². The summed E-state index contributed by atoms with van der Waals surface area (Å²) in [6, 6.07) is 8.47. The van der Waals surface area contributed by atoms with Crippen LogP contribution in [0.2, 0.25) is 0 Å². The molecule has 0 bridgehead atoms. The van der Waals surface area contributed by atoms with Gasteiger partial charge in [0.05, 0.1) is 13.5 Å². The van der Waals surface area contributed by atoms with Gasteiger partial charge in [0, 0.05) is 6.04 Å². The van der Waals surface area contributed by atoms with Gasteiger partial charge in [-0.3, -0.25) is 4.79 Å². The normalized spacial score (nSPS) is 12.2. The van der Waals surface area contributed by atoms with Crippen molar-refractivity contribution in [1.29, 1.82) is 0 Å². The van der Waals surface area contributed by atoms with Crippen molar-refractivity contribution in [2.45, 2.75) is 39.2 Å². The summed E-state index contributed by atoms with van der Waals surface area (Å²) in [5.41, 5.74) is 2.46. The van der Waals surface area contributed by atoms with Crippen LogP contribution < -0.4 is 5.32 Å². The highest BCUT2D eigenvalue weighted by Gasteiger charge is 2.15. The van der Waals surface area contributed by atoms with Crippen LogP contribution in [-0.2, 0) is 16.0 Å². The van der Waals surface area contributed by atoms with Crippen molar-refractivity contribution in [2.24, 2.45) is 0 Å². The average molecular weight is 249 g/mol. The van der Waals surface area contributed by atoms with Gasteiger partial charge in [-0.15, -0.1) is 0 Å². The molecule has 0 aromatic heterocycles. The van der Waals surface area contributed by atoms with E-state index in [1.54, 1.807) is 0 Å². The highest BCUT2D eigenvalue weighted by atomic mass is 16.5. The number of ether oxygens (including phenoxy) is 1. The van der Waals surface area contributed by atoms with E-state index in [1.165, 1.54) is 12.7 Å². The van der Waals surface area contributed by atoms with Gasteiger partial charge in [-0.05, 0) is 30.5 Å². The van der Waals surface area contributed by atoms with Crippen molar-refractivity contribution in [3.8, 4) is 0 Å². The quantitative estimate of drug-likeness (QED) is 0.755. The molecule has 0 spiro atoms. The van der Waals surface area contributed by atoms with Crippen LogP contribution in [-0.4, -0.2) is 19.6 Å². The predicted molar refractivity (Wildman–Crippen MR) is 73.5 cm³/mol. The predicted octanol–water partition coefficient (Wildman–Crippen LogP) is 2.85. The zero-order valence-electron chi connectivity index (χ0n) is 11.5. The van der Waals surface area contributed by atoms with Gasteiger partial charge in [-0.1, -0.05) is 38.1 Å². The molecule has 0 aliphatic heterocycles. The van der Waals surface area contributed by atoms with E-state index >= 15 is 0 Å². The van der Waals surface area contributed by atoms with Crippen LogP contribution in [0, 0.1) is 0 Å². The molecule has 1 atom stereocenters. The Labute approximate surface area is 110 Å². The summed E-state index contributed by atoms with van der Waals surface area (Å²) in [4.78, 5) is 11.4. The summed E-state index contributed by atoms with van der Waals surface area (Å²) in [6.45, 7) is 5.15. The number of hydrogen-bond acceptors (Lipinski definition) is 3. The molecule has 0 heterocycles. The van der Waals surface area contributed by atoms with Crippen molar-refractivity contribution in [2.75, 3.05) is 13.7 Å². The van der Waals surface area contributed by atoms with Gasteiger partial charge in [0.25, 0.3) is 0 Å². The lowest BCUT2D eigenvalue weighted by Gasteiger charge is -2.18. The van der Waals surface area contributed by atoms with E-state index in [2.05, 4.69) is 43.4 Å². The van der Waals surface area contributed by atoms with Crippen LogP contribution in [0.3, 0.4) is 0 Å². The number of nitrogens with one attached hydrogen (secondary N) is 1. The van der Waals surface area contributed by atoms with E-state index in [1.807, 2.05) is 0 Å². The van der Waals surface area contributed by atoms with E-state index in [4.69, 9.17) is 4.74 Å². The van der Waals surface area contributed by atoms with Gasteiger partial charge in [-0.2, -0.15) is 0 Å². The molecule has 3 nitrogen and oxygen atoms in total. The van der Waals surface area contributed by atoms with Crippen LogP contribution >= 0.6 is 0 Å². The Morgan fingerprint density at radius 3 is 2.44 bits per heavy atom. The highest BCUT2D eigenvalue weighted by molar-refractivity contribution is 5.70. The van der Waals surface area contributed by atoms with E-state index in [9.17, 15) is 4.79 Å². The van der Waals surface area contributed by atoms with Gasteiger partial charge in [0.2, 0.25) is 0 Å². The van der Waals surface area contributed by atoms with Crippen LogP contribution in [0.1, 0.15) is 43.9 Å². The van der Waals surface area contributed by atoms with Crippen molar-refractivity contribution >= 4 is 5.97 Å². The molecule has 0 amide bonds. The minimum absolute atomic E-state index is 0.0447. The first-order valence-electron chi connectivity index (χ1n) is 6.60. The first-order valence-corrected chi connectivity index (χ1v) is 6.60.